The van der Waals surface area contributed by atoms with Gasteiger partial charge in [0.1, 0.15) is 0 Å². The maximum atomic E-state index is 4.31. The number of rotatable bonds is 16. The number of nitrogens with one attached hydrogen (secondary N) is 2. The summed E-state index contributed by atoms with van der Waals surface area (Å²) in [5.41, 5.74) is 11.6. The van der Waals surface area contributed by atoms with E-state index >= 15 is 0 Å². The van der Waals surface area contributed by atoms with Crippen LogP contribution in [0.2, 0.25) is 0 Å². The monoisotopic (exact) mass is 908 g/mol. The molecule has 2 heterocycles. The Balaban J connectivity index is 0.00000102. The topological polar surface area (TPSA) is 64.9 Å². The van der Waals surface area contributed by atoms with Crippen molar-refractivity contribution in [1.82, 2.24) is 10.3 Å². The Morgan fingerprint density at radius 1 is 0.600 bits per heavy atom. The molecule has 0 saturated carbocycles. The summed E-state index contributed by atoms with van der Waals surface area (Å²) in [6.45, 7) is 5.26. The second-order valence-corrected chi connectivity index (χ2v) is 16.4. The molecule has 1 aliphatic rings. The Labute approximate surface area is 412 Å². The van der Waals surface area contributed by atoms with Crippen LogP contribution >= 0.6 is 0 Å². The predicted octanol–water partition coefficient (Wildman–Crippen LogP) is 15.8. The van der Waals surface area contributed by atoms with Crippen molar-refractivity contribution in [2.45, 2.75) is 0 Å². The summed E-state index contributed by atoms with van der Waals surface area (Å²) in [5.74, 6) is 0.684. The molecular formula is C64H56N6. The molecule has 0 spiro atoms. The first-order valence-corrected chi connectivity index (χ1v) is 23.4. The van der Waals surface area contributed by atoms with Gasteiger partial charge in [0.25, 0.3) is 0 Å². The molecule has 6 heteroatoms. The van der Waals surface area contributed by atoms with E-state index in [1.807, 2.05) is 73.1 Å². The fraction of sp³-hybridized carbons (Fsp3) is 0.0469. The normalized spacial score (nSPS) is 12.6. The summed E-state index contributed by atoms with van der Waals surface area (Å²) in [5, 5.41) is 11.2. The van der Waals surface area contributed by atoms with Gasteiger partial charge in [-0.25, -0.2) is 9.98 Å². The van der Waals surface area contributed by atoms with Gasteiger partial charge in [0.15, 0.2) is 5.82 Å². The van der Waals surface area contributed by atoms with E-state index in [9.17, 15) is 0 Å². The van der Waals surface area contributed by atoms with Crippen LogP contribution in [-0.4, -0.2) is 38.1 Å². The van der Waals surface area contributed by atoms with E-state index in [0.717, 1.165) is 46.7 Å². The Morgan fingerprint density at radius 3 is 1.74 bits per heavy atom. The van der Waals surface area contributed by atoms with Crippen molar-refractivity contribution in [2.75, 3.05) is 30.4 Å². The molecular weight excluding hydrogens is 853 g/mol. The highest BCUT2D eigenvalue weighted by Gasteiger charge is 2.18. The quantitative estimate of drug-likeness (QED) is 0.0439. The molecule has 0 atom stereocenters. The highest BCUT2D eigenvalue weighted by atomic mass is 15.1. The van der Waals surface area contributed by atoms with Crippen LogP contribution in [0, 0.1) is 0 Å². The number of likely N-dealkylation sites (N-methyl/N-ethyl adjacent to an activating group) is 1. The summed E-state index contributed by atoms with van der Waals surface area (Å²) in [7, 11) is 2.09. The molecule has 342 valence electrons. The number of fused-ring (bicyclic) bond motifs is 3. The number of benzene rings is 7. The molecule has 1 aromatic heterocycles. The van der Waals surface area contributed by atoms with E-state index in [1.165, 1.54) is 43.8 Å². The van der Waals surface area contributed by atoms with E-state index in [-0.39, 0.29) is 0 Å². The van der Waals surface area contributed by atoms with Crippen LogP contribution in [0.25, 0.3) is 68.1 Å². The third-order valence-electron chi connectivity index (χ3n) is 11.5. The van der Waals surface area contributed by atoms with Gasteiger partial charge in [-0.2, -0.15) is 0 Å². The van der Waals surface area contributed by atoms with Crippen LogP contribution in [0.15, 0.2) is 253 Å². The van der Waals surface area contributed by atoms with Gasteiger partial charge >= 0.3 is 0 Å². The van der Waals surface area contributed by atoms with E-state index in [0.29, 0.717) is 5.82 Å². The molecule has 0 saturated heterocycles. The number of anilines is 2. The van der Waals surface area contributed by atoms with Crippen molar-refractivity contribution in [2.24, 2.45) is 9.98 Å². The van der Waals surface area contributed by atoms with E-state index in [4.69, 9.17) is 0 Å². The van der Waals surface area contributed by atoms with Crippen LogP contribution in [-0.2, 0) is 0 Å². The minimum absolute atomic E-state index is 0.684. The van der Waals surface area contributed by atoms with E-state index in [2.05, 4.69) is 226 Å². The van der Waals surface area contributed by atoms with Crippen LogP contribution in [0.4, 0.5) is 17.2 Å². The van der Waals surface area contributed by atoms with Crippen LogP contribution in [0.3, 0.4) is 0 Å². The SMILES string of the molecule is C1=CCNC=C1.C=N/C=C\C=C/CN(C)c1ccc(/C=C/c2ccc3c(-c4ccccc4)c(-c4ccccc4)c4ccc(/C=C/c5ccc(N/C=C/C=C\C=N/c6ccccn6)cc5)cc4c3c2)cc1. The van der Waals surface area contributed by atoms with Gasteiger partial charge in [0, 0.05) is 56.3 Å². The first kappa shape index (κ1) is 47.4. The smallest absolute Gasteiger partial charge is 0.151 e. The average molecular weight is 909 g/mol. The van der Waals surface area contributed by atoms with Gasteiger partial charge in [-0.15, -0.1) is 0 Å². The first-order valence-electron chi connectivity index (χ1n) is 23.4. The van der Waals surface area contributed by atoms with Crippen LogP contribution < -0.4 is 15.5 Å². The predicted molar refractivity (Wildman–Crippen MR) is 305 cm³/mol. The Bertz CT molecular complexity index is 3240. The summed E-state index contributed by atoms with van der Waals surface area (Å²) in [4.78, 5) is 14.5. The third kappa shape index (κ3) is 13.3. The minimum Gasteiger partial charge on any atom is -0.387 e. The number of dihydropyridines is 1. The lowest BCUT2D eigenvalue weighted by atomic mass is 9.84. The van der Waals surface area contributed by atoms with E-state index in [1.54, 1.807) is 18.6 Å². The number of allylic oxidation sites excluding steroid dienone is 7. The van der Waals surface area contributed by atoms with Gasteiger partial charge < -0.3 is 15.5 Å². The van der Waals surface area contributed by atoms with E-state index < -0.39 is 0 Å². The van der Waals surface area contributed by atoms with Crippen molar-refractivity contribution in [3.05, 3.63) is 266 Å². The van der Waals surface area contributed by atoms with Crippen molar-refractivity contribution >= 4 is 76.0 Å². The zero-order valence-corrected chi connectivity index (χ0v) is 39.4. The molecule has 0 aliphatic carbocycles. The maximum absolute atomic E-state index is 4.31. The Hall–Kier alpha value is -9.13. The number of aliphatic imine (C=N–C) groups is 2. The lowest BCUT2D eigenvalue weighted by molar-refractivity contribution is 0.972. The van der Waals surface area contributed by atoms with Crippen LogP contribution in [0.1, 0.15) is 22.3 Å². The fourth-order valence-electron chi connectivity index (χ4n) is 7.99. The van der Waals surface area contributed by atoms with Gasteiger partial charge in [-0.3, -0.25) is 4.99 Å². The number of nitrogens with zero attached hydrogens (tertiary/aromatic N) is 4. The molecule has 9 rings (SSSR count). The molecule has 0 fully saturated rings. The standard InChI is InChI=1S/C59H49N5.C5H7N/c1-60-38-12-6-16-42-64(2)52-34-28-46(29-35-52)23-25-48-31-37-54-56(44-48)55-43-47(30-36-53(55)58(49-17-7-3-8-18-49)59(54)50-19-9-4-10-20-50)24-22-45-26-32-51(33-27-45)61-39-13-5-14-40-62-57-21-11-15-41-63-57;1-2-4-6-5-3-1/h3-41,43-44,61H,1,42H2,2H3;1-4,6H,5H2/b14-5-,16-6-,24-22+,25-23+,38-12-,39-13+,62-40-;. The van der Waals surface area contributed by atoms with Gasteiger partial charge in [-0.05, 0) is 152 Å². The molecule has 6 nitrogen and oxygen atoms in total. The number of hydrogen-bond donors (Lipinski definition) is 2. The molecule has 0 radical (unpaired) electrons. The first-order chi connectivity index (χ1) is 34.6. The summed E-state index contributed by atoms with van der Waals surface area (Å²) in [6.07, 6.45) is 35.6. The third-order valence-corrected chi connectivity index (χ3v) is 11.5. The second-order valence-electron chi connectivity index (χ2n) is 16.4. The average Bonchev–Trinajstić information content (AvgIpc) is 3.43. The van der Waals surface area contributed by atoms with Gasteiger partial charge in [0.05, 0.1) is 0 Å². The number of hydrogen-bond acceptors (Lipinski definition) is 6. The molecule has 0 unspecified atom stereocenters. The molecule has 0 bridgehead atoms. The van der Waals surface area contributed by atoms with Crippen molar-refractivity contribution in [3.63, 3.8) is 0 Å². The van der Waals surface area contributed by atoms with Crippen LogP contribution in [0.5, 0.6) is 0 Å². The maximum Gasteiger partial charge on any atom is 0.151 e. The number of pyridine rings is 1. The summed E-state index contributed by atoms with van der Waals surface area (Å²) in [6, 6.07) is 58.1. The molecule has 2 N–H and O–H groups in total. The summed E-state index contributed by atoms with van der Waals surface area (Å²) < 4.78 is 0. The minimum atomic E-state index is 0.684. The van der Waals surface area contributed by atoms with Crippen molar-refractivity contribution in [1.29, 1.82) is 0 Å². The second kappa shape index (κ2) is 25.1. The largest absolute Gasteiger partial charge is 0.387 e. The molecule has 7 aromatic carbocycles. The zero-order chi connectivity index (χ0) is 48.0. The van der Waals surface area contributed by atoms with Gasteiger partial charge in [-0.1, -0.05) is 170 Å². The fourth-order valence-corrected chi connectivity index (χ4v) is 7.99. The highest BCUT2D eigenvalue weighted by molar-refractivity contribution is 6.22. The molecule has 8 aromatic rings. The molecule has 1 aliphatic heterocycles. The highest BCUT2D eigenvalue weighted by Crippen LogP contribution is 2.45. The lowest BCUT2D eigenvalue weighted by Crippen LogP contribution is -2.16. The zero-order valence-electron chi connectivity index (χ0n) is 39.4. The molecule has 0 amide bonds. The molecule has 70 heavy (non-hydrogen) atoms. The Morgan fingerprint density at radius 2 is 1.20 bits per heavy atom. The number of aromatic nitrogens is 1. The van der Waals surface area contributed by atoms with Gasteiger partial charge in [0.2, 0.25) is 0 Å². The van der Waals surface area contributed by atoms with Crippen molar-refractivity contribution < 1.29 is 0 Å². The van der Waals surface area contributed by atoms with Crippen molar-refractivity contribution in [3.8, 4) is 22.3 Å². The Kier molecular flexibility index (Phi) is 17.0. The lowest BCUT2D eigenvalue weighted by Gasteiger charge is -2.19. The summed E-state index contributed by atoms with van der Waals surface area (Å²) >= 11 is 0.